The van der Waals surface area contributed by atoms with Crippen LogP contribution < -0.4 is 0 Å². The van der Waals surface area contributed by atoms with Crippen molar-refractivity contribution in [1.29, 1.82) is 0 Å². The van der Waals surface area contributed by atoms with Crippen LogP contribution in [-0.2, 0) is 0 Å². The average Bonchev–Trinajstić information content (AvgIpc) is 2.00. The number of nitrogens with zero attached hydrogens (tertiary/aromatic N) is 1. The molecule has 2 heteroatoms. The van der Waals surface area contributed by atoms with Gasteiger partial charge in [0.1, 0.15) is 5.75 Å². The third-order valence-corrected chi connectivity index (χ3v) is 0.979. The summed E-state index contributed by atoms with van der Waals surface area (Å²) in [5.74, 6) is 0.257. The molecule has 2 nitrogen and oxygen atoms in total. The Balaban J connectivity index is 0.000000371. The monoisotopic (exact) mass is 139 g/mol. The molecule has 1 aromatic rings. The van der Waals surface area contributed by atoms with Crippen LogP contribution in [0.1, 0.15) is 19.5 Å². The molecule has 0 atom stereocenters. The van der Waals surface area contributed by atoms with Gasteiger partial charge in [-0.1, -0.05) is 13.8 Å². The van der Waals surface area contributed by atoms with Crippen molar-refractivity contribution in [2.75, 3.05) is 0 Å². The van der Waals surface area contributed by atoms with Crippen LogP contribution in [0.3, 0.4) is 0 Å². The zero-order chi connectivity index (χ0) is 7.98. The van der Waals surface area contributed by atoms with E-state index in [0.29, 0.717) is 5.69 Å². The first-order chi connectivity index (χ1) is 4.80. The Morgan fingerprint density at radius 1 is 1.40 bits per heavy atom. The number of rotatable bonds is 0. The van der Waals surface area contributed by atoms with E-state index in [9.17, 15) is 0 Å². The quantitative estimate of drug-likeness (QED) is 0.597. The summed E-state index contributed by atoms with van der Waals surface area (Å²) in [7, 11) is 0. The average molecular weight is 139 g/mol. The molecule has 0 aliphatic heterocycles. The predicted octanol–water partition coefficient (Wildman–Crippen LogP) is 2.12. The summed E-state index contributed by atoms with van der Waals surface area (Å²) in [4.78, 5) is 3.83. The predicted molar refractivity (Wildman–Crippen MR) is 42.0 cm³/mol. The van der Waals surface area contributed by atoms with Crippen LogP contribution in [-0.4, -0.2) is 10.1 Å². The van der Waals surface area contributed by atoms with Crippen LogP contribution in [0.25, 0.3) is 0 Å². The van der Waals surface area contributed by atoms with Crippen molar-refractivity contribution in [3.05, 3.63) is 24.0 Å². The maximum absolute atomic E-state index is 8.86. The lowest BCUT2D eigenvalue weighted by molar-refractivity contribution is 0.467. The van der Waals surface area contributed by atoms with Crippen molar-refractivity contribution >= 4 is 0 Å². The summed E-state index contributed by atoms with van der Waals surface area (Å²) in [5, 5.41) is 8.86. The zero-order valence-electron chi connectivity index (χ0n) is 6.63. The summed E-state index contributed by atoms with van der Waals surface area (Å²) >= 11 is 0. The van der Waals surface area contributed by atoms with Gasteiger partial charge in [-0.15, -0.1) is 0 Å². The third-order valence-electron chi connectivity index (χ3n) is 0.979. The van der Waals surface area contributed by atoms with Gasteiger partial charge in [-0.05, 0) is 19.1 Å². The van der Waals surface area contributed by atoms with Crippen LogP contribution >= 0.6 is 0 Å². The fourth-order valence-corrected chi connectivity index (χ4v) is 0.476. The molecule has 0 aliphatic carbocycles. The molecule has 0 aliphatic rings. The first-order valence-electron chi connectivity index (χ1n) is 3.41. The fourth-order valence-electron chi connectivity index (χ4n) is 0.476. The lowest BCUT2D eigenvalue weighted by Crippen LogP contribution is -1.76. The minimum absolute atomic E-state index is 0.257. The van der Waals surface area contributed by atoms with Crippen LogP contribution in [0.15, 0.2) is 18.3 Å². The van der Waals surface area contributed by atoms with Crippen LogP contribution in [0, 0.1) is 6.92 Å². The highest BCUT2D eigenvalue weighted by Gasteiger charge is 1.88. The standard InChI is InChI=1S/C6H7NO.C2H6/c1-5-6(8)3-2-4-7-5;1-2/h2-4,8H,1H3;1-2H3. The molecule has 1 aromatic heterocycles. The van der Waals surface area contributed by atoms with E-state index >= 15 is 0 Å². The minimum Gasteiger partial charge on any atom is -0.506 e. The van der Waals surface area contributed by atoms with E-state index in [1.54, 1.807) is 25.3 Å². The van der Waals surface area contributed by atoms with Crippen molar-refractivity contribution in [2.45, 2.75) is 20.8 Å². The SMILES string of the molecule is CC.Cc1ncccc1O. The second-order valence-corrected chi connectivity index (χ2v) is 1.61. The molecule has 56 valence electrons. The fraction of sp³-hybridized carbons (Fsp3) is 0.375. The highest BCUT2D eigenvalue weighted by Crippen LogP contribution is 2.08. The van der Waals surface area contributed by atoms with E-state index < -0.39 is 0 Å². The van der Waals surface area contributed by atoms with Gasteiger partial charge in [0.2, 0.25) is 0 Å². The van der Waals surface area contributed by atoms with Crippen molar-refractivity contribution < 1.29 is 5.11 Å². The van der Waals surface area contributed by atoms with Crippen molar-refractivity contribution in [2.24, 2.45) is 0 Å². The number of pyridine rings is 1. The van der Waals surface area contributed by atoms with Crippen LogP contribution in [0.4, 0.5) is 0 Å². The Kier molecular flexibility index (Phi) is 4.29. The molecule has 0 amide bonds. The molecule has 0 aromatic carbocycles. The van der Waals surface area contributed by atoms with Gasteiger partial charge in [0.15, 0.2) is 0 Å². The zero-order valence-corrected chi connectivity index (χ0v) is 6.63. The number of hydrogen-bond donors (Lipinski definition) is 1. The Morgan fingerprint density at radius 3 is 2.30 bits per heavy atom. The number of aromatic hydroxyl groups is 1. The van der Waals surface area contributed by atoms with E-state index in [1.165, 1.54) is 0 Å². The van der Waals surface area contributed by atoms with Gasteiger partial charge in [0.05, 0.1) is 5.69 Å². The molecule has 0 saturated carbocycles. The molecule has 0 saturated heterocycles. The van der Waals surface area contributed by atoms with Crippen molar-refractivity contribution in [1.82, 2.24) is 4.98 Å². The summed E-state index contributed by atoms with van der Waals surface area (Å²) in [6.45, 7) is 5.76. The lowest BCUT2D eigenvalue weighted by Gasteiger charge is -1.91. The third kappa shape index (κ3) is 2.49. The van der Waals surface area contributed by atoms with E-state index in [4.69, 9.17) is 5.11 Å². The van der Waals surface area contributed by atoms with Gasteiger partial charge in [-0.2, -0.15) is 0 Å². The van der Waals surface area contributed by atoms with E-state index in [1.807, 2.05) is 13.8 Å². The largest absolute Gasteiger partial charge is 0.506 e. The van der Waals surface area contributed by atoms with Gasteiger partial charge >= 0.3 is 0 Å². The Morgan fingerprint density at radius 2 is 2.00 bits per heavy atom. The maximum atomic E-state index is 8.86. The Bertz CT molecular complexity index is 165. The molecule has 0 radical (unpaired) electrons. The summed E-state index contributed by atoms with van der Waals surface area (Å²) in [5.41, 5.74) is 0.674. The smallest absolute Gasteiger partial charge is 0.136 e. The molecule has 1 N–H and O–H groups in total. The van der Waals surface area contributed by atoms with Crippen LogP contribution in [0.2, 0.25) is 0 Å². The molecule has 0 spiro atoms. The second kappa shape index (κ2) is 4.79. The Hall–Kier alpha value is -1.05. The number of hydrogen-bond acceptors (Lipinski definition) is 2. The van der Waals surface area contributed by atoms with E-state index in [-0.39, 0.29) is 5.75 Å². The molecule has 10 heavy (non-hydrogen) atoms. The highest BCUT2D eigenvalue weighted by atomic mass is 16.3. The molecule has 0 fully saturated rings. The van der Waals surface area contributed by atoms with E-state index in [0.717, 1.165) is 0 Å². The normalized spacial score (nSPS) is 7.90. The van der Waals surface area contributed by atoms with Crippen molar-refractivity contribution in [3.8, 4) is 5.75 Å². The molecule has 1 heterocycles. The Labute approximate surface area is 61.5 Å². The molecule has 0 bridgehead atoms. The summed E-state index contributed by atoms with van der Waals surface area (Å²) < 4.78 is 0. The first kappa shape index (κ1) is 8.95. The topological polar surface area (TPSA) is 33.1 Å². The van der Waals surface area contributed by atoms with Crippen LogP contribution in [0.5, 0.6) is 5.75 Å². The van der Waals surface area contributed by atoms with Gasteiger partial charge in [-0.3, -0.25) is 4.98 Å². The summed E-state index contributed by atoms with van der Waals surface area (Å²) in [6.07, 6.45) is 1.65. The second-order valence-electron chi connectivity index (χ2n) is 1.61. The lowest BCUT2D eigenvalue weighted by atomic mass is 10.3. The molecule has 0 unspecified atom stereocenters. The van der Waals surface area contributed by atoms with Crippen molar-refractivity contribution in [3.63, 3.8) is 0 Å². The van der Waals surface area contributed by atoms with Gasteiger partial charge in [0, 0.05) is 6.20 Å². The van der Waals surface area contributed by atoms with Gasteiger partial charge < -0.3 is 5.11 Å². The van der Waals surface area contributed by atoms with E-state index in [2.05, 4.69) is 4.98 Å². The molecule has 1 rings (SSSR count). The first-order valence-corrected chi connectivity index (χ1v) is 3.41. The number of aryl methyl sites for hydroxylation is 1. The molecular formula is C8H13NO. The molecular weight excluding hydrogens is 126 g/mol. The maximum Gasteiger partial charge on any atom is 0.136 e. The van der Waals surface area contributed by atoms with Gasteiger partial charge in [0.25, 0.3) is 0 Å². The highest BCUT2D eigenvalue weighted by molar-refractivity contribution is 5.22. The minimum atomic E-state index is 0.257. The number of aromatic nitrogens is 1. The summed E-state index contributed by atoms with van der Waals surface area (Å²) in [6, 6.07) is 3.31. The van der Waals surface area contributed by atoms with Gasteiger partial charge in [-0.25, -0.2) is 0 Å².